The Morgan fingerprint density at radius 1 is 0.968 bits per heavy atom. The molecule has 2 fully saturated rings. The Kier molecular flexibility index (Phi) is 5.08. The molecule has 1 atom stereocenters. The van der Waals surface area contributed by atoms with Gasteiger partial charge in [-0.3, -0.25) is 19.5 Å². The lowest BCUT2D eigenvalue weighted by Crippen LogP contribution is -2.52. The number of anilines is 2. The van der Waals surface area contributed by atoms with Crippen molar-refractivity contribution < 1.29 is 14.0 Å². The van der Waals surface area contributed by atoms with Crippen molar-refractivity contribution in [2.75, 3.05) is 36.0 Å². The van der Waals surface area contributed by atoms with Gasteiger partial charge in [-0.25, -0.2) is 9.29 Å². The number of fused-ring (bicyclic) bond motifs is 1. The number of imide groups is 1. The van der Waals surface area contributed by atoms with Crippen molar-refractivity contribution in [3.8, 4) is 0 Å². The third-order valence-corrected chi connectivity index (χ3v) is 6.22. The zero-order valence-electron chi connectivity index (χ0n) is 16.7. The second-order valence-corrected chi connectivity index (χ2v) is 8.21. The molecule has 0 spiro atoms. The van der Waals surface area contributed by atoms with Crippen molar-refractivity contribution in [1.29, 1.82) is 0 Å². The molecule has 0 N–H and O–H groups in total. The summed E-state index contributed by atoms with van der Waals surface area (Å²) in [4.78, 5) is 35.5. The maximum absolute atomic E-state index is 13.2. The van der Waals surface area contributed by atoms with Crippen LogP contribution in [0.4, 0.5) is 15.8 Å². The summed E-state index contributed by atoms with van der Waals surface area (Å²) in [5.74, 6) is -0.892. The van der Waals surface area contributed by atoms with Gasteiger partial charge in [-0.05, 0) is 48.5 Å². The Hall–Kier alpha value is -3.03. The van der Waals surface area contributed by atoms with E-state index in [1.54, 1.807) is 6.20 Å². The van der Waals surface area contributed by atoms with Crippen LogP contribution in [-0.2, 0) is 9.59 Å². The topological polar surface area (TPSA) is 56.8 Å². The highest BCUT2D eigenvalue weighted by Crippen LogP contribution is 2.30. The number of amides is 2. The third kappa shape index (κ3) is 3.64. The van der Waals surface area contributed by atoms with E-state index in [1.807, 2.05) is 24.3 Å². The minimum Gasteiger partial charge on any atom is -0.368 e. The highest BCUT2D eigenvalue weighted by molar-refractivity contribution is 6.31. The minimum absolute atomic E-state index is 0.146. The fourth-order valence-electron chi connectivity index (χ4n) is 4.42. The van der Waals surface area contributed by atoms with Crippen LogP contribution in [0, 0.1) is 5.82 Å². The zero-order chi connectivity index (χ0) is 21.5. The zero-order valence-corrected chi connectivity index (χ0v) is 17.4. The number of benzene rings is 2. The Morgan fingerprint density at radius 3 is 2.45 bits per heavy atom. The van der Waals surface area contributed by atoms with Crippen LogP contribution >= 0.6 is 11.6 Å². The first-order chi connectivity index (χ1) is 15.0. The molecule has 3 heterocycles. The van der Waals surface area contributed by atoms with E-state index >= 15 is 0 Å². The Labute approximate surface area is 183 Å². The molecule has 6 nitrogen and oxygen atoms in total. The lowest BCUT2D eigenvalue weighted by atomic mass is 10.1. The van der Waals surface area contributed by atoms with E-state index in [0.717, 1.165) is 29.7 Å². The number of halogens is 2. The molecule has 0 bridgehead atoms. The van der Waals surface area contributed by atoms with Crippen molar-refractivity contribution in [2.24, 2.45) is 0 Å². The number of rotatable bonds is 3. The number of aromatic nitrogens is 1. The summed E-state index contributed by atoms with van der Waals surface area (Å²) in [5.41, 5.74) is 2.35. The standard InChI is InChI=1S/C23H20ClFN4O2/c24-15-1-6-18-19(13-15)26-8-7-20(18)27-9-11-28(12-10-27)21-14-22(30)29(23(21)31)17-4-2-16(25)3-5-17/h1-8,13,21H,9-12,14H2. The van der Waals surface area contributed by atoms with E-state index in [1.165, 1.54) is 29.2 Å². The first-order valence-electron chi connectivity index (χ1n) is 10.2. The van der Waals surface area contributed by atoms with Gasteiger partial charge in [0.05, 0.1) is 23.7 Å². The van der Waals surface area contributed by atoms with Crippen molar-refractivity contribution in [3.63, 3.8) is 0 Å². The second kappa shape index (κ2) is 7.90. The first-order valence-corrected chi connectivity index (χ1v) is 10.5. The fourth-order valence-corrected chi connectivity index (χ4v) is 4.59. The number of piperazine rings is 1. The van der Waals surface area contributed by atoms with E-state index < -0.39 is 11.9 Å². The van der Waals surface area contributed by atoms with Gasteiger partial charge in [-0.2, -0.15) is 0 Å². The quantitative estimate of drug-likeness (QED) is 0.586. The summed E-state index contributed by atoms with van der Waals surface area (Å²) in [7, 11) is 0. The van der Waals surface area contributed by atoms with E-state index in [4.69, 9.17) is 11.6 Å². The molecule has 0 aliphatic carbocycles. The molecule has 1 aromatic heterocycles. The highest BCUT2D eigenvalue weighted by Gasteiger charge is 2.43. The molecule has 0 saturated carbocycles. The lowest BCUT2D eigenvalue weighted by molar-refractivity contribution is -0.123. The predicted molar refractivity (Wildman–Crippen MR) is 118 cm³/mol. The first kappa shape index (κ1) is 19.9. The van der Waals surface area contributed by atoms with E-state index in [2.05, 4.69) is 14.8 Å². The van der Waals surface area contributed by atoms with Crippen LogP contribution in [0.25, 0.3) is 10.9 Å². The van der Waals surface area contributed by atoms with Crippen LogP contribution in [-0.4, -0.2) is 53.9 Å². The third-order valence-electron chi connectivity index (χ3n) is 5.99. The molecule has 0 radical (unpaired) electrons. The van der Waals surface area contributed by atoms with Gasteiger partial charge in [0, 0.05) is 48.5 Å². The number of hydrogen-bond donors (Lipinski definition) is 0. The molecule has 158 valence electrons. The van der Waals surface area contributed by atoms with E-state index in [0.29, 0.717) is 23.8 Å². The van der Waals surface area contributed by atoms with Gasteiger partial charge in [0.1, 0.15) is 5.82 Å². The van der Waals surface area contributed by atoms with E-state index in [-0.39, 0.29) is 18.2 Å². The maximum Gasteiger partial charge on any atom is 0.251 e. The molecule has 31 heavy (non-hydrogen) atoms. The lowest BCUT2D eigenvalue weighted by Gasteiger charge is -2.38. The molecular weight excluding hydrogens is 419 g/mol. The minimum atomic E-state index is -0.479. The van der Waals surface area contributed by atoms with Crippen LogP contribution < -0.4 is 9.80 Å². The monoisotopic (exact) mass is 438 g/mol. The number of hydrogen-bond acceptors (Lipinski definition) is 5. The van der Waals surface area contributed by atoms with Gasteiger partial charge < -0.3 is 4.90 Å². The van der Waals surface area contributed by atoms with Crippen molar-refractivity contribution in [2.45, 2.75) is 12.5 Å². The van der Waals surface area contributed by atoms with Gasteiger partial charge in [-0.15, -0.1) is 0 Å². The van der Waals surface area contributed by atoms with Crippen LogP contribution in [0.1, 0.15) is 6.42 Å². The average Bonchev–Trinajstić information content (AvgIpc) is 3.08. The summed E-state index contributed by atoms with van der Waals surface area (Å²) >= 11 is 6.10. The summed E-state index contributed by atoms with van der Waals surface area (Å²) < 4.78 is 13.2. The Bertz CT molecular complexity index is 1160. The van der Waals surface area contributed by atoms with Crippen LogP contribution in [0.15, 0.2) is 54.7 Å². The fraction of sp³-hybridized carbons (Fsp3) is 0.261. The van der Waals surface area contributed by atoms with Crippen molar-refractivity contribution in [3.05, 3.63) is 65.6 Å². The molecule has 2 aliphatic rings. The molecule has 8 heteroatoms. The molecule has 2 saturated heterocycles. The van der Waals surface area contributed by atoms with Gasteiger partial charge in [0.2, 0.25) is 5.91 Å². The van der Waals surface area contributed by atoms with Gasteiger partial charge in [0.15, 0.2) is 0 Å². The number of carbonyl (C=O) groups is 2. The molecule has 2 aliphatic heterocycles. The Balaban J connectivity index is 1.30. The number of pyridine rings is 1. The normalized spacial score (nSPS) is 20.1. The predicted octanol–water partition coefficient (Wildman–Crippen LogP) is 3.48. The summed E-state index contributed by atoms with van der Waals surface area (Å²) in [6.07, 6.45) is 1.92. The molecule has 1 unspecified atom stereocenters. The molecule has 5 rings (SSSR count). The second-order valence-electron chi connectivity index (χ2n) is 7.78. The summed E-state index contributed by atoms with van der Waals surface area (Å²) in [6, 6.07) is 12.6. The molecular formula is C23H20ClFN4O2. The van der Waals surface area contributed by atoms with Crippen LogP contribution in [0.3, 0.4) is 0 Å². The molecule has 2 amide bonds. The summed E-state index contributed by atoms with van der Waals surface area (Å²) in [6.45, 7) is 2.79. The SMILES string of the molecule is O=C1CC(N2CCN(c3ccnc4cc(Cl)ccc34)CC2)C(=O)N1c1ccc(F)cc1. The van der Waals surface area contributed by atoms with Crippen LogP contribution in [0.5, 0.6) is 0 Å². The maximum atomic E-state index is 13.2. The number of nitrogens with zero attached hydrogens (tertiary/aromatic N) is 4. The van der Waals surface area contributed by atoms with Gasteiger partial charge >= 0.3 is 0 Å². The van der Waals surface area contributed by atoms with Crippen molar-refractivity contribution in [1.82, 2.24) is 9.88 Å². The smallest absolute Gasteiger partial charge is 0.251 e. The van der Waals surface area contributed by atoms with E-state index in [9.17, 15) is 14.0 Å². The van der Waals surface area contributed by atoms with Crippen LogP contribution in [0.2, 0.25) is 5.02 Å². The summed E-state index contributed by atoms with van der Waals surface area (Å²) in [5, 5.41) is 1.69. The average molecular weight is 439 g/mol. The van der Waals surface area contributed by atoms with Crippen molar-refractivity contribution >= 4 is 45.7 Å². The Morgan fingerprint density at radius 2 is 1.71 bits per heavy atom. The largest absolute Gasteiger partial charge is 0.368 e. The molecule has 3 aromatic rings. The molecule has 2 aromatic carbocycles. The highest BCUT2D eigenvalue weighted by atomic mass is 35.5. The van der Waals surface area contributed by atoms with Gasteiger partial charge in [0.25, 0.3) is 5.91 Å². The van der Waals surface area contributed by atoms with Gasteiger partial charge in [-0.1, -0.05) is 11.6 Å². The number of carbonyl (C=O) groups excluding carboxylic acids is 2.